The number of aliphatic imine (C=N–C) groups is 1. The highest BCUT2D eigenvalue weighted by Gasteiger charge is 2.21. The van der Waals surface area contributed by atoms with Gasteiger partial charge in [-0.2, -0.15) is 0 Å². The summed E-state index contributed by atoms with van der Waals surface area (Å²) in [5.74, 6) is 1.86. The summed E-state index contributed by atoms with van der Waals surface area (Å²) in [6.45, 7) is 11.8. The van der Waals surface area contributed by atoms with Crippen LogP contribution in [-0.2, 0) is 0 Å². The zero-order chi connectivity index (χ0) is 14.9. The largest absolute Gasteiger partial charge is 0.356 e. The molecule has 0 unspecified atom stereocenters. The quantitative estimate of drug-likeness (QED) is 0.270. The van der Waals surface area contributed by atoms with Crippen LogP contribution in [0.1, 0.15) is 32.6 Å². The van der Waals surface area contributed by atoms with Gasteiger partial charge < -0.3 is 20.4 Å². The molecule has 2 fully saturated rings. The molecule has 130 valence electrons. The zero-order valence-corrected chi connectivity index (χ0v) is 16.6. The van der Waals surface area contributed by atoms with E-state index in [1.165, 1.54) is 65.0 Å². The van der Waals surface area contributed by atoms with Gasteiger partial charge in [-0.25, -0.2) is 0 Å². The van der Waals surface area contributed by atoms with Gasteiger partial charge in [0.1, 0.15) is 0 Å². The maximum Gasteiger partial charge on any atom is 0.190 e. The molecule has 2 N–H and O–H groups in total. The number of hydrogen-bond donors (Lipinski definition) is 2. The monoisotopic (exact) mass is 423 g/mol. The van der Waals surface area contributed by atoms with E-state index in [9.17, 15) is 0 Å². The van der Waals surface area contributed by atoms with Gasteiger partial charge in [0.05, 0.1) is 0 Å². The second-order valence-electron chi connectivity index (χ2n) is 6.31. The number of halogens is 1. The summed E-state index contributed by atoms with van der Waals surface area (Å²) in [7, 11) is 1.86. The highest BCUT2D eigenvalue weighted by Crippen LogP contribution is 2.27. The molecule has 0 aromatic heterocycles. The molecule has 2 aliphatic rings. The number of guanidine groups is 1. The first-order chi connectivity index (χ1) is 10.3. The minimum absolute atomic E-state index is 0. The Morgan fingerprint density at radius 2 is 1.73 bits per heavy atom. The molecule has 22 heavy (non-hydrogen) atoms. The Morgan fingerprint density at radius 1 is 1.05 bits per heavy atom. The van der Waals surface area contributed by atoms with Gasteiger partial charge >= 0.3 is 0 Å². The van der Waals surface area contributed by atoms with E-state index in [-0.39, 0.29) is 24.0 Å². The topological polar surface area (TPSA) is 42.9 Å². The summed E-state index contributed by atoms with van der Waals surface area (Å²) in [6.07, 6.45) is 5.27. The van der Waals surface area contributed by atoms with Gasteiger partial charge in [-0.3, -0.25) is 4.99 Å². The van der Waals surface area contributed by atoms with Crippen molar-refractivity contribution in [2.75, 3.05) is 59.4 Å². The van der Waals surface area contributed by atoms with Gasteiger partial charge in [-0.1, -0.05) is 6.92 Å². The highest BCUT2D eigenvalue weighted by atomic mass is 127. The Hall–Kier alpha value is -0.0800. The van der Waals surface area contributed by atoms with Crippen molar-refractivity contribution in [1.29, 1.82) is 0 Å². The van der Waals surface area contributed by atoms with E-state index in [1.807, 2.05) is 7.05 Å². The molecule has 0 spiro atoms. The molecule has 6 heteroatoms. The van der Waals surface area contributed by atoms with E-state index in [0.29, 0.717) is 0 Å². The number of nitrogens with one attached hydrogen (secondary N) is 2. The number of unbranched alkanes of at least 4 members (excludes halogenated alkanes) is 1. The minimum atomic E-state index is 0. The molecular formula is C16H34IN5. The van der Waals surface area contributed by atoms with E-state index in [0.717, 1.165) is 25.0 Å². The van der Waals surface area contributed by atoms with Crippen molar-refractivity contribution >= 4 is 29.9 Å². The van der Waals surface area contributed by atoms with Crippen molar-refractivity contribution in [3.8, 4) is 0 Å². The number of rotatable bonds is 8. The molecular weight excluding hydrogens is 389 g/mol. The molecule has 5 nitrogen and oxygen atoms in total. The van der Waals surface area contributed by atoms with Gasteiger partial charge in [0.25, 0.3) is 0 Å². The van der Waals surface area contributed by atoms with E-state index >= 15 is 0 Å². The fourth-order valence-corrected chi connectivity index (χ4v) is 2.78. The van der Waals surface area contributed by atoms with Gasteiger partial charge in [-0.15, -0.1) is 24.0 Å². The van der Waals surface area contributed by atoms with Crippen molar-refractivity contribution in [3.05, 3.63) is 0 Å². The second-order valence-corrected chi connectivity index (χ2v) is 6.31. The van der Waals surface area contributed by atoms with Gasteiger partial charge in [0.15, 0.2) is 5.96 Å². The summed E-state index contributed by atoms with van der Waals surface area (Å²) in [4.78, 5) is 9.41. The normalized spacial score (nSPS) is 20.5. The Morgan fingerprint density at radius 3 is 2.32 bits per heavy atom. The van der Waals surface area contributed by atoms with Crippen LogP contribution in [0, 0.1) is 5.92 Å². The lowest BCUT2D eigenvalue weighted by molar-refractivity contribution is 0.136. The number of piperazine rings is 1. The van der Waals surface area contributed by atoms with Crippen molar-refractivity contribution in [1.82, 2.24) is 20.4 Å². The Balaban J connectivity index is 0.00000242. The highest BCUT2D eigenvalue weighted by molar-refractivity contribution is 14.0. The summed E-state index contributed by atoms with van der Waals surface area (Å²) < 4.78 is 0. The summed E-state index contributed by atoms with van der Waals surface area (Å²) in [5.41, 5.74) is 0. The van der Waals surface area contributed by atoms with Crippen LogP contribution >= 0.6 is 24.0 Å². The average molecular weight is 423 g/mol. The molecule has 1 saturated carbocycles. The van der Waals surface area contributed by atoms with E-state index in [4.69, 9.17) is 0 Å². The fraction of sp³-hybridized carbons (Fsp3) is 0.938. The van der Waals surface area contributed by atoms with Gasteiger partial charge in [-0.05, 0) is 44.7 Å². The first-order valence-electron chi connectivity index (χ1n) is 8.71. The SMILES string of the molecule is CCN1CCN(CCCCNC(=NC)NCC2CC2)CC1.I. The van der Waals surface area contributed by atoms with Gasteiger partial charge in [0, 0.05) is 46.3 Å². The van der Waals surface area contributed by atoms with Crippen LogP contribution < -0.4 is 10.6 Å². The predicted octanol–water partition coefficient (Wildman–Crippen LogP) is 1.60. The van der Waals surface area contributed by atoms with Crippen LogP contribution in [0.2, 0.25) is 0 Å². The Kier molecular flexibility index (Phi) is 10.4. The Bertz CT molecular complexity index is 312. The first-order valence-corrected chi connectivity index (χ1v) is 8.71. The molecule has 0 atom stereocenters. The van der Waals surface area contributed by atoms with Crippen molar-refractivity contribution < 1.29 is 0 Å². The van der Waals surface area contributed by atoms with Crippen LogP contribution in [0.25, 0.3) is 0 Å². The first kappa shape index (κ1) is 20.0. The minimum Gasteiger partial charge on any atom is -0.356 e. The van der Waals surface area contributed by atoms with E-state index < -0.39 is 0 Å². The number of hydrogen-bond acceptors (Lipinski definition) is 3. The molecule has 2 rings (SSSR count). The smallest absolute Gasteiger partial charge is 0.190 e. The lowest BCUT2D eigenvalue weighted by atomic mass is 10.2. The van der Waals surface area contributed by atoms with Crippen molar-refractivity contribution in [2.24, 2.45) is 10.9 Å². The molecule has 0 amide bonds. The third-order valence-corrected chi connectivity index (χ3v) is 4.58. The maximum absolute atomic E-state index is 4.27. The molecule has 1 aliphatic heterocycles. The molecule has 1 saturated heterocycles. The van der Waals surface area contributed by atoms with Crippen molar-refractivity contribution in [3.63, 3.8) is 0 Å². The van der Waals surface area contributed by atoms with Crippen LogP contribution in [0.4, 0.5) is 0 Å². The fourth-order valence-electron chi connectivity index (χ4n) is 2.78. The van der Waals surface area contributed by atoms with Crippen LogP contribution in [0.15, 0.2) is 4.99 Å². The molecule has 1 aliphatic carbocycles. The Labute approximate surface area is 153 Å². The molecule has 0 aromatic carbocycles. The van der Waals surface area contributed by atoms with Crippen molar-refractivity contribution in [2.45, 2.75) is 32.6 Å². The zero-order valence-electron chi connectivity index (χ0n) is 14.3. The third kappa shape index (κ3) is 7.97. The molecule has 0 bridgehead atoms. The standard InChI is InChI=1S/C16H33N5.HI/c1-3-20-10-12-21(13-11-20)9-5-4-8-18-16(17-2)19-14-15-6-7-15;/h15H,3-14H2,1-2H3,(H2,17,18,19);1H. The third-order valence-electron chi connectivity index (χ3n) is 4.58. The summed E-state index contributed by atoms with van der Waals surface area (Å²) >= 11 is 0. The lowest BCUT2D eigenvalue weighted by Crippen LogP contribution is -2.46. The predicted molar refractivity (Wildman–Crippen MR) is 105 cm³/mol. The van der Waals surface area contributed by atoms with Crippen LogP contribution in [0.3, 0.4) is 0 Å². The summed E-state index contributed by atoms with van der Waals surface area (Å²) in [6, 6.07) is 0. The molecule has 0 aromatic rings. The van der Waals surface area contributed by atoms with E-state index in [2.05, 4.69) is 32.3 Å². The van der Waals surface area contributed by atoms with Crippen LogP contribution in [-0.4, -0.2) is 75.2 Å². The lowest BCUT2D eigenvalue weighted by Gasteiger charge is -2.34. The number of likely N-dealkylation sites (N-methyl/N-ethyl adjacent to an activating group) is 1. The maximum atomic E-state index is 4.27. The summed E-state index contributed by atoms with van der Waals surface area (Å²) in [5, 5.41) is 6.82. The van der Waals surface area contributed by atoms with Gasteiger partial charge in [0.2, 0.25) is 0 Å². The number of nitrogens with zero attached hydrogens (tertiary/aromatic N) is 3. The molecule has 1 heterocycles. The second kappa shape index (κ2) is 11.5. The van der Waals surface area contributed by atoms with E-state index in [1.54, 1.807) is 0 Å². The molecule has 0 radical (unpaired) electrons. The van der Waals surface area contributed by atoms with Crippen LogP contribution in [0.5, 0.6) is 0 Å². The average Bonchev–Trinajstić information content (AvgIpc) is 3.35.